The summed E-state index contributed by atoms with van der Waals surface area (Å²) in [4.78, 5) is 27.5. The highest BCUT2D eigenvalue weighted by atomic mass is 16.2. The number of benzene rings is 1. The lowest BCUT2D eigenvalue weighted by Crippen LogP contribution is -2.61. The van der Waals surface area contributed by atoms with E-state index in [0.29, 0.717) is 19.5 Å². The second-order valence-corrected chi connectivity index (χ2v) is 10.8. The molecule has 5 aliphatic rings. The molecule has 1 aliphatic heterocycles. The summed E-state index contributed by atoms with van der Waals surface area (Å²) in [5, 5.41) is 9.37. The van der Waals surface area contributed by atoms with Crippen LogP contribution in [0.5, 0.6) is 0 Å². The first-order valence-electron chi connectivity index (χ1n) is 12.7. The van der Waals surface area contributed by atoms with Crippen molar-refractivity contribution in [1.29, 1.82) is 0 Å². The maximum Gasteiger partial charge on any atom is 0.315 e. The van der Waals surface area contributed by atoms with E-state index in [0.717, 1.165) is 50.1 Å². The van der Waals surface area contributed by atoms with Gasteiger partial charge in [-0.15, -0.1) is 0 Å². The van der Waals surface area contributed by atoms with Gasteiger partial charge in [-0.05, 0) is 87.8 Å². The zero-order chi connectivity index (χ0) is 22.0. The van der Waals surface area contributed by atoms with Gasteiger partial charge in [0, 0.05) is 25.0 Å². The quantitative estimate of drug-likeness (QED) is 0.581. The molecule has 174 valence electrons. The minimum atomic E-state index is -0.0982. The number of nitrogens with zero attached hydrogens (tertiary/aromatic N) is 1. The average molecular weight is 439 g/mol. The number of urea groups is 1. The molecule has 6 heteroatoms. The Hall–Kier alpha value is -2.08. The predicted octanol–water partition coefficient (Wildman–Crippen LogP) is 3.60. The van der Waals surface area contributed by atoms with Gasteiger partial charge in [0.15, 0.2) is 0 Å². The van der Waals surface area contributed by atoms with Crippen LogP contribution in [0.25, 0.3) is 0 Å². The maximum absolute atomic E-state index is 12.6. The second-order valence-electron chi connectivity index (χ2n) is 10.8. The summed E-state index contributed by atoms with van der Waals surface area (Å²) in [7, 11) is 0. The van der Waals surface area contributed by atoms with Crippen LogP contribution < -0.4 is 16.0 Å². The number of hydrogen-bond acceptors (Lipinski definition) is 3. The predicted molar refractivity (Wildman–Crippen MR) is 125 cm³/mol. The van der Waals surface area contributed by atoms with Crippen LogP contribution in [0.2, 0.25) is 0 Å². The van der Waals surface area contributed by atoms with Crippen molar-refractivity contribution >= 4 is 11.9 Å². The molecule has 3 amide bonds. The zero-order valence-corrected chi connectivity index (χ0v) is 19.2. The van der Waals surface area contributed by atoms with Crippen molar-refractivity contribution in [3.63, 3.8) is 0 Å². The lowest BCUT2D eigenvalue weighted by molar-refractivity contribution is -0.121. The van der Waals surface area contributed by atoms with Crippen molar-refractivity contribution in [2.24, 2.45) is 17.8 Å². The Bertz CT molecular complexity index is 770. The summed E-state index contributed by atoms with van der Waals surface area (Å²) in [6, 6.07) is 10.6. The van der Waals surface area contributed by atoms with Crippen LogP contribution >= 0.6 is 0 Å². The highest BCUT2D eigenvalue weighted by Crippen LogP contribution is 2.55. The first-order valence-corrected chi connectivity index (χ1v) is 12.7. The Morgan fingerprint density at radius 2 is 1.56 bits per heavy atom. The molecule has 3 N–H and O–H groups in total. The van der Waals surface area contributed by atoms with Gasteiger partial charge in [0.05, 0.1) is 6.04 Å². The molecule has 5 fully saturated rings. The van der Waals surface area contributed by atoms with Crippen LogP contribution in [0.3, 0.4) is 0 Å². The van der Waals surface area contributed by atoms with Gasteiger partial charge >= 0.3 is 6.03 Å². The molecule has 6 nitrogen and oxygen atoms in total. The van der Waals surface area contributed by atoms with Crippen molar-refractivity contribution in [1.82, 2.24) is 20.9 Å². The van der Waals surface area contributed by atoms with Crippen LogP contribution in [0.4, 0.5) is 4.79 Å². The molecule has 1 atom stereocenters. The van der Waals surface area contributed by atoms with E-state index < -0.39 is 0 Å². The number of amides is 3. The fourth-order valence-corrected chi connectivity index (χ4v) is 7.32. The highest BCUT2D eigenvalue weighted by Gasteiger charge is 2.51. The Labute approximate surface area is 191 Å². The summed E-state index contributed by atoms with van der Waals surface area (Å²) in [6.07, 6.45) is 10.3. The monoisotopic (exact) mass is 438 g/mol. The van der Waals surface area contributed by atoms with Crippen molar-refractivity contribution in [2.45, 2.75) is 69.4 Å². The molecule has 1 heterocycles. The summed E-state index contributed by atoms with van der Waals surface area (Å²) >= 11 is 0. The van der Waals surface area contributed by atoms with Crippen LogP contribution in [0.15, 0.2) is 30.3 Å². The Kier molecular flexibility index (Phi) is 6.40. The van der Waals surface area contributed by atoms with Gasteiger partial charge in [-0.25, -0.2) is 4.79 Å². The number of carbonyl (C=O) groups excluding carboxylic acids is 2. The summed E-state index contributed by atoms with van der Waals surface area (Å²) in [5.74, 6) is 2.42. The maximum atomic E-state index is 12.6. The molecular weight excluding hydrogens is 400 g/mol. The summed E-state index contributed by atoms with van der Waals surface area (Å²) in [5.41, 5.74) is 1.27. The third-order valence-electron chi connectivity index (χ3n) is 8.31. The minimum absolute atomic E-state index is 0.000215. The molecule has 0 aromatic heterocycles. The first-order chi connectivity index (χ1) is 15.6. The molecule has 1 aromatic rings. The molecule has 0 radical (unpaired) electrons. The van der Waals surface area contributed by atoms with E-state index in [-0.39, 0.29) is 23.5 Å². The molecular formula is C26H38N4O2. The lowest BCUT2D eigenvalue weighted by atomic mass is 9.53. The standard InChI is InChI=1S/C26H38N4O2/c31-24(28-18-23(30-10-4-5-11-30)22-6-2-1-3-7-22)8-9-27-25(32)29-26-15-19-12-20(16-26)14-21(13-19)17-26/h1-3,6-7,19-21,23H,4-5,8-18H2,(H,28,31)(H2,27,29,32). The Morgan fingerprint density at radius 3 is 2.19 bits per heavy atom. The summed E-state index contributed by atoms with van der Waals surface area (Å²) in [6.45, 7) is 3.16. The lowest BCUT2D eigenvalue weighted by Gasteiger charge is -2.56. The second kappa shape index (κ2) is 9.42. The normalized spacial score (nSPS) is 31.9. The smallest absolute Gasteiger partial charge is 0.315 e. The van der Waals surface area contributed by atoms with E-state index in [2.05, 4.69) is 45.1 Å². The molecule has 1 saturated heterocycles. The van der Waals surface area contributed by atoms with Crippen molar-refractivity contribution < 1.29 is 9.59 Å². The van der Waals surface area contributed by atoms with E-state index in [4.69, 9.17) is 0 Å². The van der Waals surface area contributed by atoms with E-state index in [9.17, 15) is 9.59 Å². The minimum Gasteiger partial charge on any atom is -0.354 e. The van der Waals surface area contributed by atoms with Gasteiger partial charge in [-0.3, -0.25) is 9.69 Å². The topological polar surface area (TPSA) is 73.5 Å². The average Bonchev–Trinajstić information content (AvgIpc) is 3.28. The van der Waals surface area contributed by atoms with Crippen LogP contribution in [-0.4, -0.2) is 48.6 Å². The molecule has 1 unspecified atom stereocenters. The Balaban J connectivity index is 1.06. The fraction of sp³-hybridized carbons (Fsp3) is 0.692. The van der Waals surface area contributed by atoms with E-state index in [1.165, 1.54) is 37.7 Å². The van der Waals surface area contributed by atoms with Gasteiger partial charge in [0.2, 0.25) is 5.91 Å². The third kappa shape index (κ3) is 4.95. The van der Waals surface area contributed by atoms with E-state index in [1.54, 1.807) is 0 Å². The number of carbonyl (C=O) groups is 2. The number of nitrogens with one attached hydrogen (secondary N) is 3. The number of hydrogen-bond donors (Lipinski definition) is 3. The van der Waals surface area contributed by atoms with Crippen molar-refractivity contribution in [2.75, 3.05) is 26.2 Å². The van der Waals surface area contributed by atoms with Crippen LogP contribution in [-0.2, 0) is 4.79 Å². The van der Waals surface area contributed by atoms with Gasteiger partial charge in [0.25, 0.3) is 0 Å². The van der Waals surface area contributed by atoms with Gasteiger partial charge in [-0.2, -0.15) is 0 Å². The third-order valence-corrected chi connectivity index (χ3v) is 8.31. The largest absolute Gasteiger partial charge is 0.354 e. The molecule has 4 saturated carbocycles. The van der Waals surface area contributed by atoms with Crippen LogP contribution in [0, 0.1) is 17.8 Å². The summed E-state index contributed by atoms with van der Waals surface area (Å²) < 4.78 is 0. The SMILES string of the molecule is O=C(CCNC(=O)NC12CC3CC(CC(C3)C1)C2)NCC(c1ccccc1)N1CCCC1. The molecule has 4 bridgehead atoms. The highest BCUT2D eigenvalue weighted by molar-refractivity contribution is 5.78. The molecule has 4 aliphatic carbocycles. The molecule has 1 aromatic carbocycles. The first kappa shape index (κ1) is 21.7. The zero-order valence-electron chi connectivity index (χ0n) is 19.2. The van der Waals surface area contributed by atoms with Crippen molar-refractivity contribution in [3.8, 4) is 0 Å². The molecule has 32 heavy (non-hydrogen) atoms. The van der Waals surface area contributed by atoms with Crippen molar-refractivity contribution in [3.05, 3.63) is 35.9 Å². The number of likely N-dealkylation sites (tertiary alicyclic amines) is 1. The molecule has 6 rings (SSSR count). The van der Waals surface area contributed by atoms with Gasteiger partial charge < -0.3 is 16.0 Å². The van der Waals surface area contributed by atoms with Gasteiger partial charge in [0.1, 0.15) is 0 Å². The fourth-order valence-electron chi connectivity index (χ4n) is 7.32. The van der Waals surface area contributed by atoms with Crippen LogP contribution in [0.1, 0.15) is 69.4 Å². The number of rotatable bonds is 8. The van der Waals surface area contributed by atoms with E-state index >= 15 is 0 Å². The van der Waals surface area contributed by atoms with E-state index in [1.807, 2.05) is 6.07 Å². The molecule has 0 spiro atoms. The Morgan fingerprint density at radius 1 is 0.938 bits per heavy atom. The van der Waals surface area contributed by atoms with Gasteiger partial charge in [-0.1, -0.05) is 30.3 Å².